The van der Waals surface area contributed by atoms with Crippen molar-refractivity contribution < 1.29 is 33.8 Å². The zero-order chi connectivity index (χ0) is 34.5. The minimum atomic E-state index is -1.32. The number of aliphatic hydroxyl groups is 1. The number of likely N-dealkylation sites (N-methyl/N-ethyl adjacent to an activating group) is 1. The second-order valence-corrected chi connectivity index (χ2v) is 13.6. The zero-order valence-electron chi connectivity index (χ0n) is 28.4. The number of carbonyl (C=O) groups excluding carboxylic acids is 4. The van der Waals surface area contributed by atoms with Gasteiger partial charge in [0.15, 0.2) is 0 Å². The summed E-state index contributed by atoms with van der Waals surface area (Å²) in [7, 11) is 1.72. The van der Waals surface area contributed by atoms with Crippen LogP contribution >= 0.6 is 0 Å². The van der Waals surface area contributed by atoms with Gasteiger partial charge in [-0.2, -0.15) is 0 Å². The molecule has 2 fully saturated rings. The Bertz CT molecular complexity index is 1560. The van der Waals surface area contributed by atoms with Gasteiger partial charge in [-0.3, -0.25) is 19.2 Å². The Labute approximate surface area is 288 Å². The SMILES string of the molecule is C[C@@H]1[C@@H](c2ccccc2)OC(=O)[C@@H]2[C@@H]3C=C[C@]4(O3)[C@H](C(=O)N(Cc3ccccc3)C/C=C\CCC(=O)N1C)N(CCCCCCO)C(=O)[C@@H]24. The Morgan fingerprint density at radius 2 is 1.61 bits per heavy atom. The number of nitrogens with zero attached hydrogens (tertiary/aromatic N) is 3. The maximum atomic E-state index is 14.8. The Balaban J connectivity index is 1.40. The van der Waals surface area contributed by atoms with Gasteiger partial charge in [0.05, 0.1) is 18.1 Å². The monoisotopic (exact) mass is 669 g/mol. The lowest BCUT2D eigenvalue weighted by atomic mass is 9.74. The summed E-state index contributed by atoms with van der Waals surface area (Å²) >= 11 is 0. The first-order chi connectivity index (χ1) is 23.8. The van der Waals surface area contributed by atoms with E-state index in [1.54, 1.807) is 27.8 Å². The normalized spacial score (nSPS) is 31.0. The van der Waals surface area contributed by atoms with E-state index in [0.717, 1.165) is 24.0 Å². The molecule has 4 aliphatic rings. The number of likely N-dealkylation sites (tertiary alicyclic amines) is 1. The molecule has 7 atom stereocenters. The van der Waals surface area contributed by atoms with Gasteiger partial charge in [0.25, 0.3) is 0 Å². The van der Waals surface area contributed by atoms with Crippen molar-refractivity contribution >= 4 is 23.7 Å². The lowest BCUT2D eigenvalue weighted by Crippen LogP contribution is -2.55. The van der Waals surface area contributed by atoms with Crippen molar-refractivity contribution in [3.8, 4) is 0 Å². The highest BCUT2D eigenvalue weighted by Gasteiger charge is 2.73. The minimum Gasteiger partial charge on any atom is -0.455 e. The molecule has 6 rings (SSSR count). The summed E-state index contributed by atoms with van der Waals surface area (Å²) in [5.74, 6) is -3.11. The van der Waals surface area contributed by atoms with E-state index >= 15 is 0 Å². The van der Waals surface area contributed by atoms with Crippen molar-refractivity contribution in [2.75, 3.05) is 26.7 Å². The average Bonchev–Trinajstić information content (AvgIpc) is 3.76. The predicted octanol–water partition coefficient (Wildman–Crippen LogP) is 4.20. The smallest absolute Gasteiger partial charge is 0.313 e. The minimum absolute atomic E-state index is 0.0929. The van der Waals surface area contributed by atoms with Crippen LogP contribution in [0.5, 0.6) is 0 Å². The van der Waals surface area contributed by atoms with E-state index in [1.165, 1.54) is 0 Å². The number of benzene rings is 2. The molecule has 0 aliphatic carbocycles. The first-order valence-electron chi connectivity index (χ1n) is 17.5. The highest BCUT2D eigenvalue weighted by molar-refractivity contribution is 5.99. The maximum absolute atomic E-state index is 14.8. The molecule has 10 nitrogen and oxygen atoms in total. The molecule has 2 aromatic carbocycles. The average molecular weight is 670 g/mol. The van der Waals surface area contributed by atoms with E-state index < -0.39 is 47.7 Å². The molecule has 0 saturated carbocycles. The van der Waals surface area contributed by atoms with Crippen molar-refractivity contribution in [2.24, 2.45) is 11.8 Å². The van der Waals surface area contributed by atoms with Gasteiger partial charge in [-0.1, -0.05) is 97.8 Å². The third-order valence-electron chi connectivity index (χ3n) is 10.5. The molecule has 5 bridgehead atoms. The molecular weight excluding hydrogens is 622 g/mol. The van der Waals surface area contributed by atoms with Crippen LogP contribution in [0.1, 0.15) is 62.7 Å². The highest BCUT2D eigenvalue weighted by atomic mass is 16.6. The lowest BCUT2D eigenvalue weighted by Gasteiger charge is -2.36. The van der Waals surface area contributed by atoms with E-state index in [0.29, 0.717) is 32.4 Å². The Morgan fingerprint density at radius 1 is 0.898 bits per heavy atom. The number of ether oxygens (including phenoxy) is 2. The summed E-state index contributed by atoms with van der Waals surface area (Å²) in [5, 5.41) is 9.27. The van der Waals surface area contributed by atoms with Crippen molar-refractivity contribution in [1.29, 1.82) is 0 Å². The highest BCUT2D eigenvalue weighted by Crippen LogP contribution is 2.56. The molecule has 260 valence electrons. The van der Waals surface area contributed by atoms with Crippen LogP contribution in [0.3, 0.4) is 0 Å². The summed E-state index contributed by atoms with van der Waals surface area (Å²) in [4.78, 5) is 62.1. The lowest BCUT2D eigenvalue weighted by molar-refractivity contribution is -0.164. The maximum Gasteiger partial charge on any atom is 0.313 e. The fourth-order valence-electron chi connectivity index (χ4n) is 7.84. The second-order valence-electron chi connectivity index (χ2n) is 13.6. The van der Waals surface area contributed by atoms with Gasteiger partial charge in [0, 0.05) is 39.7 Å². The number of carbonyl (C=O) groups is 4. The summed E-state index contributed by atoms with van der Waals surface area (Å²) in [6.07, 6.45) is 9.58. The van der Waals surface area contributed by atoms with Crippen molar-refractivity contribution in [2.45, 2.75) is 81.9 Å². The van der Waals surface area contributed by atoms with Crippen molar-refractivity contribution in [1.82, 2.24) is 14.7 Å². The number of amides is 3. The number of unbranched alkanes of at least 4 members (excludes halogenated alkanes) is 3. The van der Waals surface area contributed by atoms with Gasteiger partial charge in [-0.25, -0.2) is 0 Å². The quantitative estimate of drug-likeness (QED) is 0.242. The molecule has 4 aliphatic heterocycles. The van der Waals surface area contributed by atoms with Gasteiger partial charge in [0.2, 0.25) is 17.7 Å². The van der Waals surface area contributed by atoms with Gasteiger partial charge in [-0.15, -0.1) is 0 Å². The molecule has 3 amide bonds. The molecule has 10 heteroatoms. The van der Waals surface area contributed by atoms with Crippen LogP contribution in [-0.2, 0) is 35.2 Å². The first kappa shape index (κ1) is 34.6. The van der Waals surface area contributed by atoms with Crippen LogP contribution in [0.4, 0.5) is 0 Å². The zero-order valence-corrected chi connectivity index (χ0v) is 28.4. The fourth-order valence-corrected chi connectivity index (χ4v) is 7.84. The number of hydrogen-bond donors (Lipinski definition) is 1. The van der Waals surface area contributed by atoms with Crippen molar-refractivity contribution in [3.05, 3.63) is 96.1 Å². The number of allylic oxidation sites excluding steroid dienone is 1. The van der Waals surface area contributed by atoms with Crippen LogP contribution in [0.25, 0.3) is 0 Å². The van der Waals surface area contributed by atoms with Crippen LogP contribution in [0, 0.1) is 11.8 Å². The van der Waals surface area contributed by atoms with Gasteiger partial charge >= 0.3 is 5.97 Å². The standard InChI is InChI=1S/C39H47N3O7/c1-27-34(29-18-10-6-11-19-29)48-38(47)32-30-21-22-39(49-30)33(32)36(45)42(24-14-3-4-15-25-43)35(39)37(46)41(26-28-16-8-5-9-17-28)23-13-7-12-20-31(44)40(27)2/h5-11,13,16-19,21-22,27,30,32-35,43H,3-4,12,14-15,20,23-26H2,1-2H3/b13-7-/t27-,30+,32-,33-,34+,35+,39-/m1/s1. The van der Waals surface area contributed by atoms with E-state index in [9.17, 15) is 24.3 Å². The predicted molar refractivity (Wildman–Crippen MR) is 183 cm³/mol. The van der Waals surface area contributed by atoms with E-state index in [1.807, 2.05) is 85.8 Å². The van der Waals surface area contributed by atoms with E-state index in [-0.39, 0.29) is 37.3 Å². The molecule has 0 radical (unpaired) electrons. The molecule has 0 aromatic heterocycles. The van der Waals surface area contributed by atoms with Gasteiger partial charge in [0.1, 0.15) is 23.7 Å². The Kier molecular flexibility index (Phi) is 10.6. The topological polar surface area (TPSA) is 117 Å². The Hall–Kier alpha value is -4.28. The van der Waals surface area contributed by atoms with Crippen LogP contribution in [0.15, 0.2) is 85.0 Å². The number of esters is 1. The van der Waals surface area contributed by atoms with Crippen LogP contribution in [-0.4, -0.2) is 94.0 Å². The first-order valence-corrected chi connectivity index (χ1v) is 17.5. The summed E-state index contributed by atoms with van der Waals surface area (Å²) in [6.45, 7) is 2.89. The van der Waals surface area contributed by atoms with E-state index in [4.69, 9.17) is 9.47 Å². The summed E-state index contributed by atoms with van der Waals surface area (Å²) < 4.78 is 12.9. The number of cyclic esters (lactones) is 1. The number of aliphatic hydroxyl groups excluding tert-OH is 1. The molecule has 2 aromatic rings. The second kappa shape index (κ2) is 15.1. The number of hydrogen-bond acceptors (Lipinski definition) is 7. The summed E-state index contributed by atoms with van der Waals surface area (Å²) in [6, 6.07) is 17.6. The van der Waals surface area contributed by atoms with Crippen LogP contribution < -0.4 is 0 Å². The van der Waals surface area contributed by atoms with Crippen molar-refractivity contribution in [3.63, 3.8) is 0 Å². The number of fused-ring (bicyclic) bond motifs is 2. The largest absolute Gasteiger partial charge is 0.455 e. The number of rotatable bonds is 9. The molecule has 49 heavy (non-hydrogen) atoms. The molecular formula is C39H47N3O7. The molecule has 4 heterocycles. The van der Waals surface area contributed by atoms with Gasteiger partial charge < -0.3 is 29.3 Å². The molecule has 1 N–H and O–H groups in total. The van der Waals surface area contributed by atoms with E-state index in [2.05, 4.69) is 0 Å². The molecule has 2 saturated heterocycles. The third-order valence-corrected chi connectivity index (χ3v) is 10.5. The third kappa shape index (κ3) is 6.81. The molecule has 1 spiro atoms. The molecule has 0 unspecified atom stereocenters. The van der Waals surface area contributed by atoms with Crippen LogP contribution in [0.2, 0.25) is 0 Å². The fraction of sp³-hybridized carbons (Fsp3) is 0.487. The van der Waals surface area contributed by atoms with Gasteiger partial charge in [-0.05, 0) is 37.3 Å². The summed E-state index contributed by atoms with van der Waals surface area (Å²) in [5.41, 5.74) is 0.360. The Morgan fingerprint density at radius 3 is 2.35 bits per heavy atom.